The van der Waals surface area contributed by atoms with E-state index in [-0.39, 0.29) is 23.1 Å². The number of rotatable bonds is 4. The fourth-order valence-corrected chi connectivity index (χ4v) is 1.94. The van der Waals surface area contributed by atoms with Crippen molar-refractivity contribution in [2.24, 2.45) is 0 Å². The Morgan fingerprint density at radius 2 is 2.23 bits per heavy atom. The predicted molar refractivity (Wildman–Crippen MR) is 77.8 cm³/mol. The van der Waals surface area contributed by atoms with Gasteiger partial charge in [0.2, 0.25) is 5.82 Å². The summed E-state index contributed by atoms with van der Waals surface area (Å²) in [7, 11) is 0. The molecular formula is C13H12N6O3. The van der Waals surface area contributed by atoms with Crippen molar-refractivity contribution >= 4 is 11.4 Å². The Hall–Kier alpha value is -3.23. The maximum Gasteiger partial charge on any atom is 0.292 e. The van der Waals surface area contributed by atoms with E-state index in [9.17, 15) is 10.1 Å². The summed E-state index contributed by atoms with van der Waals surface area (Å²) in [5.74, 6) is 0.476. The quantitative estimate of drug-likeness (QED) is 0.428. The van der Waals surface area contributed by atoms with Gasteiger partial charge in [-0.1, -0.05) is 12.1 Å². The summed E-state index contributed by atoms with van der Waals surface area (Å²) in [4.78, 5) is 14.6. The molecule has 3 N–H and O–H groups in total. The average molecular weight is 300 g/mol. The second-order valence-corrected chi connectivity index (χ2v) is 4.59. The Balaban J connectivity index is 1.97. The molecule has 0 aliphatic rings. The molecule has 2 heterocycles. The smallest absolute Gasteiger partial charge is 0.292 e. The molecule has 0 radical (unpaired) electrons. The minimum absolute atomic E-state index is 0.0809. The zero-order valence-corrected chi connectivity index (χ0v) is 11.6. The Kier molecular flexibility index (Phi) is 3.30. The number of aromatic nitrogens is 4. The van der Waals surface area contributed by atoms with Crippen molar-refractivity contribution in [1.29, 1.82) is 0 Å². The highest BCUT2D eigenvalue weighted by Gasteiger charge is 2.17. The number of nitrogens with zero attached hydrogens (tertiary/aromatic N) is 4. The van der Waals surface area contributed by atoms with Crippen molar-refractivity contribution < 1.29 is 9.45 Å². The zero-order chi connectivity index (χ0) is 15.7. The molecule has 1 aromatic carbocycles. The van der Waals surface area contributed by atoms with Gasteiger partial charge in [0.05, 0.1) is 4.92 Å². The normalized spacial score (nSPS) is 10.8. The number of nitro groups is 1. The van der Waals surface area contributed by atoms with E-state index in [0.717, 1.165) is 12.1 Å². The second-order valence-electron chi connectivity index (χ2n) is 4.59. The SMILES string of the molecule is CCc1cc(-c2nc(-c3ccc(N)c([N+](=O)[O-])c3)no2)n[nH]1. The minimum atomic E-state index is -0.554. The van der Waals surface area contributed by atoms with Crippen LogP contribution in [-0.4, -0.2) is 25.3 Å². The minimum Gasteiger partial charge on any atom is -0.393 e. The van der Waals surface area contributed by atoms with E-state index in [4.69, 9.17) is 10.3 Å². The molecule has 0 spiro atoms. The monoisotopic (exact) mass is 300 g/mol. The number of aryl methyl sites for hydroxylation is 1. The van der Waals surface area contributed by atoms with E-state index in [0.29, 0.717) is 11.3 Å². The van der Waals surface area contributed by atoms with Crippen LogP contribution in [0.2, 0.25) is 0 Å². The second kappa shape index (κ2) is 5.28. The Morgan fingerprint density at radius 3 is 2.91 bits per heavy atom. The molecule has 2 aromatic heterocycles. The molecule has 0 saturated heterocycles. The lowest BCUT2D eigenvalue weighted by molar-refractivity contribution is -0.383. The van der Waals surface area contributed by atoms with Crippen molar-refractivity contribution in [3.8, 4) is 23.0 Å². The molecule has 22 heavy (non-hydrogen) atoms. The highest BCUT2D eigenvalue weighted by Crippen LogP contribution is 2.28. The van der Waals surface area contributed by atoms with Gasteiger partial charge in [-0.2, -0.15) is 10.1 Å². The molecule has 112 valence electrons. The Morgan fingerprint density at radius 1 is 1.41 bits per heavy atom. The molecule has 0 unspecified atom stereocenters. The van der Waals surface area contributed by atoms with Crippen molar-refractivity contribution in [3.05, 3.63) is 40.1 Å². The molecule has 0 amide bonds. The molecular weight excluding hydrogens is 288 g/mol. The molecule has 3 aromatic rings. The van der Waals surface area contributed by atoms with Gasteiger partial charge in [0.1, 0.15) is 5.69 Å². The number of benzene rings is 1. The molecule has 0 saturated carbocycles. The van der Waals surface area contributed by atoms with Crippen molar-refractivity contribution in [2.45, 2.75) is 13.3 Å². The van der Waals surface area contributed by atoms with E-state index >= 15 is 0 Å². The number of H-pyrrole nitrogens is 1. The maximum atomic E-state index is 10.9. The summed E-state index contributed by atoms with van der Waals surface area (Å²) >= 11 is 0. The fourth-order valence-electron chi connectivity index (χ4n) is 1.94. The number of hydrogen-bond acceptors (Lipinski definition) is 7. The van der Waals surface area contributed by atoms with E-state index in [2.05, 4.69) is 20.3 Å². The van der Waals surface area contributed by atoms with Crippen LogP contribution < -0.4 is 5.73 Å². The van der Waals surface area contributed by atoms with Gasteiger partial charge in [0.25, 0.3) is 11.6 Å². The Bertz CT molecular complexity index is 838. The predicted octanol–water partition coefficient (Wildman–Crippen LogP) is 2.18. The number of anilines is 1. The lowest BCUT2D eigenvalue weighted by Gasteiger charge is -1.98. The van der Waals surface area contributed by atoms with Gasteiger partial charge >= 0.3 is 0 Å². The van der Waals surface area contributed by atoms with Crippen LogP contribution in [0.5, 0.6) is 0 Å². The van der Waals surface area contributed by atoms with Gasteiger partial charge in [0, 0.05) is 17.3 Å². The molecule has 0 fully saturated rings. The first kappa shape index (κ1) is 13.7. The van der Waals surface area contributed by atoms with E-state index in [1.807, 2.05) is 13.0 Å². The van der Waals surface area contributed by atoms with Crippen LogP contribution in [0.15, 0.2) is 28.8 Å². The van der Waals surface area contributed by atoms with Crippen LogP contribution >= 0.6 is 0 Å². The highest BCUT2D eigenvalue weighted by molar-refractivity contribution is 5.69. The molecule has 0 aliphatic heterocycles. The standard InChI is InChI=1S/C13H12N6O3/c1-2-8-6-10(17-16-8)13-15-12(18-22-13)7-3-4-9(14)11(5-7)19(20)21/h3-6H,2,14H2,1H3,(H,16,17). The van der Waals surface area contributed by atoms with Gasteiger partial charge in [-0.05, 0) is 24.6 Å². The lowest BCUT2D eigenvalue weighted by Crippen LogP contribution is -1.96. The summed E-state index contributed by atoms with van der Waals surface area (Å²) in [6.45, 7) is 1.99. The van der Waals surface area contributed by atoms with Crippen LogP contribution in [0.1, 0.15) is 12.6 Å². The Labute approximate surface area is 124 Å². The third-order valence-electron chi connectivity index (χ3n) is 3.14. The average Bonchev–Trinajstić information content (AvgIpc) is 3.16. The van der Waals surface area contributed by atoms with Gasteiger partial charge in [-0.15, -0.1) is 0 Å². The van der Waals surface area contributed by atoms with Crippen LogP contribution in [0.3, 0.4) is 0 Å². The summed E-state index contributed by atoms with van der Waals surface area (Å²) < 4.78 is 5.15. The van der Waals surface area contributed by atoms with Gasteiger partial charge < -0.3 is 10.3 Å². The molecule has 9 nitrogen and oxygen atoms in total. The molecule has 0 atom stereocenters. The van der Waals surface area contributed by atoms with Crippen LogP contribution in [0, 0.1) is 10.1 Å². The largest absolute Gasteiger partial charge is 0.393 e. The molecule has 0 bridgehead atoms. The van der Waals surface area contributed by atoms with Crippen LogP contribution in [-0.2, 0) is 6.42 Å². The molecule has 0 aliphatic carbocycles. The zero-order valence-electron chi connectivity index (χ0n) is 11.6. The topological polar surface area (TPSA) is 137 Å². The number of nitrogens with one attached hydrogen (secondary N) is 1. The fraction of sp³-hybridized carbons (Fsp3) is 0.154. The number of nitrogen functional groups attached to an aromatic ring is 1. The molecule has 3 rings (SSSR count). The maximum absolute atomic E-state index is 10.9. The van der Waals surface area contributed by atoms with Crippen molar-refractivity contribution in [3.63, 3.8) is 0 Å². The third kappa shape index (κ3) is 2.39. The van der Waals surface area contributed by atoms with Gasteiger partial charge in [-0.3, -0.25) is 15.2 Å². The van der Waals surface area contributed by atoms with E-state index in [1.165, 1.54) is 12.1 Å². The lowest BCUT2D eigenvalue weighted by atomic mass is 10.1. The first-order chi connectivity index (χ1) is 10.6. The summed E-state index contributed by atoms with van der Waals surface area (Å²) in [6.07, 6.45) is 0.804. The number of nitrogens with two attached hydrogens (primary N) is 1. The summed E-state index contributed by atoms with van der Waals surface area (Å²) in [5, 5.41) is 21.7. The van der Waals surface area contributed by atoms with Crippen LogP contribution in [0.4, 0.5) is 11.4 Å². The number of aromatic amines is 1. The van der Waals surface area contributed by atoms with Gasteiger partial charge in [-0.25, -0.2) is 0 Å². The highest BCUT2D eigenvalue weighted by atomic mass is 16.6. The number of hydrogen-bond donors (Lipinski definition) is 2. The first-order valence-corrected chi connectivity index (χ1v) is 6.51. The molecule has 9 heteroatoms. The van der Waals surface area contributed by atoms with E-state index < -0.39 is 4.92 Å². The van der Waals surface area contributed by atoms with E-state index in [1.54, 1.807) is 6.07 Å². The van der Waals surface area contributed by atoms with Crippen LogP contribution in [0.25, 0.3) is 23.0 Å². The third-order valence-corrected chi connectivity index (χ3v) is 3.14. The first-order valence-electron chi connectivity index (χ1n) is 6.51. The van der Waals surface area contributed by atoms with Crippen molar-refractivity contribution in [1.82, 2.24) is 20.3 Å². The summed E-state index contributed by atoms with van der Waals surface area (Å²) in [6, 6.07) is 6.15. The van der Waals surface area contributed by atoms with Gasteiger partial charge in [0.15, 0.2) is 5.69 Å². The number of nitro benzene ring substituents is 1. The van der Waals surface area contributed by atoms with Crippen molar-refractivity contribution in [2.75, 3.05) is 5.73 Å². The summed E-state index contributed by atoms with van der Waals surface area (Å²) in [5.41, 5.74) is 7.36.